The largest absolute Gasteiger partial charge is 0.481 e. The number of carbonyl (C=O) groups excluding carboxylic acids is 1. The molecule has 1 aromatic rings. The Morgan fingerprint density at radius 2 is 2.12 bits per heavy atom. The second-order valence-corrected chi connectivity index (χ2v) is 5.73. The number of carboxylic acid groups (broad SMARTS) is 1. The zero-order chi connectivity index (χ0) is 13.1. The number of nitrogens with zero attached hydrogens (tertiary/aromatic N) is 1. The Morgan fingerprint density at radius 3 is 2.59 bits per heavy atom. The number of hydrogen-bond acceptors (Lipinski definition) is 3. The maximum absolute atomic E-state index is 12.1. The van der Waals surface area contributed by atoms with E-state index in [-0.39, 0.29) is 12.3 Å². The molecule has 0 spiro atoms. The molecule has 1 rings (SSSR count). The summed E-state index contributed by atoms with van der Waals surface area (Å²) in [6.45, 7) is 3.85. The van der Waals surface area contributed by atoms with Crippen molar-refractivity contribution in [2.24, 2.45) is 5.41 Å². The quantitative estimate of drug-likeness (QED) is 0.877. The van der Waals surface area contributed by atoms with Gasteiger partial charge in [0.15, 0.2) is 0 Å². The third-order valence-electron chi connectivity index (χ3n) is 2.49. The topological polar surface area (TPSA) is 57.6 Å². The molecule has 0 saturated heterocycles. The van der Waals surface area contributed by atoms with Crippen molar-refractivity contribution in [2.45, 2.75) is 26.8 Å². The van der Waals surface area contributed by atoms with Crippen molar-refractivity contribution >= 4 is 23.2 Å². The molecule has 0 aliphatic rings. The van der Waals surface area contributed by atoms with Gasteiger partial charge in [-0.3, -0.25) is 9.59 Å². The molecule has 0 saturated carbocycles. The highest BCUT2D eigenvalue weighted by atomic mass is 32.1. The first-order valence-electron chi connectivity index (χ1n) is 5.32. The summed E-state index contributed by atoms with van der Waals surface area (Å²) in [6, 6.07) is 3.89. The summed E-state index contributed by atoms with van der Waals surface area (Å²) >= 11 is 1.58. The van der Waals surface area contributed by atoms with Crippen LogP contribution in [0.2, 0.25) is 0 Å². The van der Waals surface area contributed by atoms with Crippen LogP contribution in [0.5, 0.6) is 0 Å². The maximum atomic E-state index is 12.1. The Labute approximate surface area is 105 Å². The second-order valence-electron chi connectivity index (χ2n) is 4.69. The van der Waals surface area contributed by atoms with Crippen molar-refractivity contribution in [2.75, 3.05) is 7.05 Å². The van der Waals surface area contributed by atoms with Gasteiger partial charge in [-0.05, 0) is 11.4 Å². The number of aliphatic carboxylic acids is 1. The molecule has 0 bridgehead atoms. The predicted octanol–water partition coefficient (Wildman–Crippen LogP) is 2.21. The van der Waals surface area contributed by atoms with E-state index in [4.69, 9.17) is 5.11 Å². The maximum Gasteiger partial charge on any atom is 0.304 e. The van der Waals surface area contributed by atoms with Gasteiger partial charge in [0.1, 0.15) is 0 Å². The molecular formula is C12H17NO3S. The van der Waals surface area contributed by atoms with Crippen LogP contribution in [0.25, 0.3) is 0 Å². The summed E-state index contributed by atoms with van der Waals surface area (Å²) in [5.41, 5.74) is -0.863. The minimum Gasteiger partial charge on any atom is -0.481 e. The molecule has 1 amide bonds. The summed E-state index contributed by atoms with van der Waals surface area (Å²) in [5.74, 6) is -1.10. The fourth-order valence-corrected chi connectivity index (χ4v) is 2.44. The highest BCUT2D eigenvalue weighted by Gasteiger charge is 2.32. The minimum atomic E-state index is -0.951. The van der Waals surface area contributed by atoms with Gasteiger partial charge in [0.25, 0.3) is 0 Å². The van der Waals surface area contributed by atoms with Crippen LogP contribution < -0.4 is 0 Å². The molecule has 1 aromatic heterocycles. The number of amides is 1. The first kappa shape index (κ1) is 13.7. The smallest absolute Gasteiger partial charge is 0.304 e. The molecule has 0 aliphatic carbocycles. The van der Waals surface area contributed by atoms with Gasteiger partial charge >= 0.3 is 5.97 Å². The average Bonchev–Trinajstić information content (AvgIpc) is 2.67. The third-order valence-corrected chi connectivity index (χ3v) is 3.35. The lowest BCUT2D eigenvalue weighted by Gasteiger charge is -2.27. The first-order chi connectivity index (χ1) is 7.83. The molecule has 0 fully saturated rings. The van der Waals surface area contributed by atoms with E-state index in [1.807, 2.05) is 17.5 Å². The minimum absolute atomic E-state index is 0.145. The average molecular weight is 255 g/mol. The van der Waals surface area contributed by atoms with Crippen molar-refractivity contribution in [3.63, 3.8) is 0 Å². The second kappa shape index (κ2) is 5.31. The van der Waals surface area contributed by atoms with Gasteiger partial charge in [-0.1, -0.05) is 19.9 Å². The monoisotopic (exact) mass is 255 g/mol. The zero-order valence-electron chi connectivity index (χ0n) is 10.3. The summed E-state index contributed by atoms with van der Waals surface area (Å²) in [5, 5.41) is 10.7. The van der Waals surface area contributed by atoms with Crippen LogP contribution in [0.1, 0.15) is 25.1 Å². The van der Waals surface area contributed by atoms with Crippen molar-refractivity contribution < 1.29 is 14.7 Å². The number of hydrogen-bond donors (Lipinski definition) is 1. The van der Waals surface area contributed by atoms with E-state index in [1.165, 1.54) is 0 Å². The molecule has 4 nitrogen and oxygen atoms in total. The van der Waals surface area contributed by atoms with Crippen LogP contribution in [-0.4, -0.2) is 28.9 Å². The summed E-state index contributed by atoms with van der Waals surface area (Å²) in [7, 11) is 1.70. The molecule has 0 aromatic carbocycles. The summed E-state index contributed by atoms with van der Waals surface area (Å²) < 4.78 is 0. The van der Waals surface area contributed by atoms with Crippen LogP contribution in [0.15, 0.2) is 17.5 Å². The van der Waals surface area contributed by atoms with E-state index in [2.05, 4.69) is 0 Å². The van der Waals surface area contributed by atoms with Crippen molar-refractivity contribution in [3.8, 4) is 0 Å². The lowest BCUT2D eigenvalue weighted by molar-refractivity contribution is -0.148. The molecule has 1 heterocycles. The Morgan fingerprint density at radius 1 is 1.47 bits per heavy atom. The zero-order valence-corrected chi connectivity index (χ0v) is 11.1. The molecule has 0 aliphatic heterocycles. The van der Waals surface area contributed by atoms with E-state index in [9.17, 15) is 9.59 Å². The van der Waals surface area contributed by atoms with Gasteiger partial charge < -0.3 is 10.0 Å². The Bertz CT molecular complexity index is 398. The number of carboxylic acids is 1. The predicted molar refractivity (Wildman–Crippen MR) is 66.8 cm³/mol. The van der Waals surface area contributed by atoms with E-state index in [1.54, 1.807) is 37.1 Å². The summed E-state index contributed by atoms with van der Waals surface area (Å²) in [6.07, 6.45) is -0.152. The van der Waals surface area contributed by atoms with Gasteiger partial charge in [-0.25, -0.2) is 0 Å². The van der Waals surface area contributed by atoms with E-state index in [0.717, 1.165) is 4.88 Å². The standard InChI is InChI=1S/C12H17NO3S/c1-12(2,7-10(14)15)11(16)13(3)8-9-5-4-6-17-9/h4-6H,7-8H2,1-3H3,(H,14,15). The van der Waals surface area contributed by atoms with Crippen LogP contribution in [0.4, 0.5) is 0 Å². The van der Waals surface area contributed by atoms with E-state index in [0.29, 0.717) is 6.54 Å². The summed E-state index contributed by atoms with van der Waals surface area (Å²) in [4.78, 5) is 25.5. The normalized spacial score (nSPS) is 11.2. The lowest BCUT2D eigenvalue weighted by Crippen LogP contribution is -2.39. The van der Waals surface area contributed by atoms with Gasteiger partial charge in [0.2, 0.25) is 5.91 Å². The van der Waals surface area contributed by atoms with Crippen molar-refractivity contribution in [3.05, 3.63) is 22.4 Å². The van der Waals surface area contributed by atoms with Crippen LogP contribution in [0.3, 0.4) is 0 Å². The molecule has 1 N–H and O–H groups in total. The molecule has 0 unspecified atom stereocenters. The molecule has 94 valence electrons. The Balaban J connectivity index is 2.65. The highest BCUT2D eigenvalue weighted by molar-refractivity contribution is 7.09. The van der Waals surface area contributed by atoms with Crippen LogP contribution in [-0.2, 0) is 16.1 Å². The molecule has 5 heteroatoms. The Kier molecular flexibility index (Phi) is 4.28. The Hall–Kier alpha value is -1.36. The number of carbonyl (C=O) groups is 2. The SMILES string of the molecule is CN(Cc1cccs1)C(=O)C(C)(C)CC(=O)O. The highest BCUT2D eigenvalue weighted by Crippen LogP contribution is 2.24. The van der Waals surface area contributed by atoms with Gasteiger partial charge in [-0.15, -0.1) is 11.3 Å². The van der Waals surface area contributed by atoms with E-state index < -0.39 is 11.4 Å². The molecule has 0 atom stereocenters. The van der Waals surface area contributed by atoms with Crippen LogP contribution >= 0.6 is 11.3 Å². The molecule has 17 heavy (non-hydrogen) atoms. The first-order valence-corrected chi connectivity index (χ1v) is 6.20. The fraction of sp³-hybridized carbons (Fsp3) is 0.500. The molecule has 0 radical (unpaired) electrons. The lowest BCUT2D eigenvalue weighted by atomic mass is 9.88. The number of rotatable bonds is 5. The van der Waals surface area contributed by atoms with Crippen molar-refractivity contribution in [1.82, 2.24) is 4.90 Å². The van der Waals surface area contributed by atoms with E-state index >= 15 is 0 Å². The van der Waals surface area contributed by atoms with Gasteiger partial charge in [0.05, 0.1) is 18.4 Å². The number of thiophene rings is 1. The van der Waals surface area contributed by atoms with Crippen LogP contribution in [0, 0.1) is 5.41 Å². The molecular weight excluding hydrogens is 238 g/mol. The van der Waals surface area contributed by atoms with Gasteiger partial charge in [-0.2, -0.15) is 0 Å². The third kappa shape index (κ3) is 3.85. The fourth-order valence-electron chi connectivity index (χ4n) is 1.68. The van der Waals surface area contributed by atoms with Crippen molar-refractivity contribution in [1.29, 1.82) is 0 Å². The van der Waals surface area contributed by atoms with Gasteiger partial charge in [0, 0.05) is 11.9 Å².